The van der Waals surface area contributed by atoms with Crippen LogP contribution in [0.4, 0.5) is 0 Å². The van der Waals surface area contributed by atoms with Gasteiger partial charge in [-0.3, -0.25) is 0 Å². The van der Waals surface area contributed by atoms with Crippen LogP contribution >= 0.6 is 11.8 Å². The van der Waals surface area contributed by atoms with Crippen molar-refractivity contribution in [2.45, 2.75) is 24.7 Å². The summed E-state index contributed by atoms with van der Waals surface area (Å²) in [5.74, 6) is 1.44. The lowest BCUT2D eigenvalue weighted by molar-refractivity contribution is 0.890. The van der Waals surface area contributed by atoms with Crippen LogP contribution in [-0.2, 0) is 6.42 Å². The zero-order valence-electron chi connectivity index (χ0n) is 10.7. The number of rotatable bonds is 1. The number of hydrogen-bond donors (Lipinski definition) is 0. The van der Waals surface area contributed by atoms with Crippen LogP contribution in [0.5, 0.6) is 0 Å². The van der Waals surface area contributed by atoms with E-state index >= 15 is 0 Å². The van der Waals surface area contributed by atoms with Crippen molar-refractivity contribution in [1.29, 1.82) is 5.26 Å². The molecule has 0 atom stereocenters. The van der Waals surface area contributed by atoms with Crippen molar-refractivity contribution in [2.75, 3.05) is 5.75 Å². The molecule has 4 heteroatoms. The average Bonchev–Trinajstić information content (AvgIpc) is 2.46. The fourth-order valence-electron chi connectivity index (χ4n) is 2.29. The zero-order chi connectivity index (χ0) is 13.2. The molecule has 0 spiro atoms. The van der Waals surface area contributed by atoms with Crippen molar-refractivity contribution in [3.63, 3.8) is 0 Å². The van der Waals surface area contributed by atoms with Crippen molar-refractivity contribution in [3.05, 3.63) is 41.3 Å². The van der Waals surface area contributed by atoms with Gasteiger partial charge in [0.15, 0.2) is 0 Å². The first kappa shape index (κ1) is 12.2. The van der Waals surface area contributed by atoms with E-state index in [-0.39, 0.29) is 5.82 Å². The Kier molecular flexibility index (Phi) is 3.22. The Labute approximate surface area is 116 Å². The van der Waals surface area contributed by atoms with Gasteiger partial charge in [0.1, 0.15) is 6.07 Å². The van der Waals surface area contributed by atoms with Gasteiger partial charge in [-0.05, 0) is 49.3 Å². The van der Waals surface area contributed by atoms with E-state index < -0.39 is 0 Å². The first-order valence-corrected chi connectivity index (χ1v) is 7.27. The molecule has 3 nitrogen and oxygen atoms in total. The molecule has 19 heavy (non-hydrogen) atoms. The highest BCUT2D eigenvalue weighted by molar-refractivity contribution is 7.99. The SMILES string of the molecule is Cc1cc(-c2ccc3c(c2)CCCS3)nc(C#N)n1. The Hall–Kier alpha value is -1.86. The van der Waals surface area contributed by atoms with E-state index in [0.29, 0.717) is 0 Å². The summed E-state index contributed by atoms with van der Waals surface area (Å²) in [4.78, 5) is 9.76. The molecular weight excluding hydrogens is 254 g/mol. The maximum Gasteiger partial charge on any atom is 0.232 e. The maximum absolute atomic E-state index is 8.95. The number of aromatic nitrogens is 2. The largest absolute Gasteiger partial charge is 0.232 e. The van der Waals surface area contributed by atoms with Gasteiger partial charge in [0.25, 0.3) is 0 Å². The Morgan fingerprint density at radius 1 is 1.26 bits per heavy atom. The molecule has 0 radical (unpaired) electrons. The van der Waals surface area contributed by atoms with E-state index in [1.54, 1.807) is 0 Å². The van der Waals surface area contributed by atoms with Crippen molar-refractivity contribution >= 4 is 11.8 Å². The van der Waals surface area contributed by atoms with Gasteiger partial charge >= 0.3 is 0 Å². The summed E-state index contributed by atoms with van der Waals surface area (Å²) in [5, 5.41) is 8.95. The van der Waals surface area contributed by atoms with Gasteiger partial charge in [-0.2, -0.15) is 5.26 Å². The van der Waals surface area contributed by atoms with Crippen LogP contribution in [-0.4, -0.2) is 15.7 Å². The van der Waals surface area contributed by atoms with Gasteiger partial charge in [0.2, 0.25) is 5.82 Å². The summed E-state index contributed by atoms with van der Waals surface area (Å²) >= 11 is 1.92. The number of thioether (sulfide) groups is 1. The Morgan fingerprint density at radius 2 is 2.16 bits per heavy atom. The summed E-state index contributed by atoms with van der Waals surface area (Å²) in [6.45, 7) is 1.89. The average molecular weight is 267 g/mol. The summed E-state index contributed by atoms with van der Waals surface area (Å²) < 4.78 is 0. The first-order chi connectivity index (χ1) is 9.26. The second-order valence-electron chi connectivity index (χ2n) is 4.60. The van der Waals surface area contributed by atoms with Crippen molar-refractivity contribution in [2.24, 2.45) is 0 Å². The fourth-order valence-corrected chi connectivity index (χ4v) is 3.31. The molecule has 0 N–H and O–H groups in total. The number of aryl methyl sites for hydroxylation is 2. The zero-order valence-corrected chi connectivity index (χ0v) is 11.5. The van der Waals surface area contributed by atoms with E-state index in [2.05, 4.69) is 28.2 Å². The van der Waals surface area contributed by atoms with Crippen LogP contribution in [0, 0.1) is 18.3 Å². The molecule has 1 aliphatic heterocycles. The molecule has 2 aromatic rings. The molecule has 0 aliphatic carbocycles. The monoisotopic (exact) mass is 267 g/mol. The molecule has 1 aliphatic rings. The van der Waals surface area contributed by atoms with Crippen molar-refractivity contribution < 1.29 is 0 Å². The summed E-state index contributed by atoms with van der Waals surface area (Å²) in [5.41, 5.74) is 4.13. The van der Waals surface area contributed by atoms with Gasteiger partial charge in [0.05, 0.1) is 5.69 Å². The molecule has 1 aromatic carbocycles. The van der Waals surface area contributed by atoms with E-state index in [4.69, 9.17) is 5.26 Å². The van der Waals surface area contributed by atoms with Crippen LogP contribution in [0.25, 0.3) is 11.3 Å². The standard InChI is InChI=1S/C15H13N3S/c1-10-7-13(18-15(9-16)17-10)11-4-5-14-12(8-11)3-2-6-19-14/h4-5,7-8H,2-3,6H2,1H3. The summed E-state index contributed by atoms with van der Waals surface area (Å²) in [7, 11) is 0. The molecule has 0 unspecified atom stereocenters. The van der Waals surface area contributed by atoms with E-state index in [1.807, 2.05) is 30.8 Å². The van der Waals surface area contributed by atoms with Gasteiger partial charge in [-0.25, -0.2) is 9.97 Å². The molecule has 2 heterocycles. The highest BCUT2D eigenvalue weighted by atomic mass is 32.2. The van der Waals surface area contributed by atoms with Crippen LogP contribution in [0.1, 0.15) is 23.5 Å². The predicted octanol–water partition coefficient (Wildman–Crippen LogP) is 3.36. The molecular formula is C15H13N3S. The smallest absolute Gasteiger partial charge is 0.224 e. The quantitative estimate of drug-likeness (QED) is 0.795. The Morgan fingerprint density at radius 3 is 3.00 bits per heavy atom. The number of nitriles is 1. The Bertz CT molecular complexity index is 674. The van der Waals surface area contributed by atoms with E-state index in [1.165, 1.54) is 22.6 Å². The fraction of sp³-hybridized carbons (Fsp3) is 0.267. The second kappa shape index (κ2) is 5.02. The topological polar surface area (TPSA) is 49.6 Å². The third-order valence-electron chi connectivity index (χ3n) is 3.16. The molecule has 1 aromatic heterocycles. The van der Waals surface area contributed by atoms with E-state index in [9.17, 15) is 0 Å². The van der Waals surface area contributed by atoms with Gasteiger partial charge in [0, 0.05) is 16.2 Å². The minimum Gasteiger partial charge on any atom is -0.224 e. The lowest BCUT2D eigenvalue weighted by atomic mass is 10.0. The van der Waals surface area contributed by atoms with E-state index in [0.717, 1.165) is 23.4 Å². The minimum absolute atomic E-state index is 0.238. The highest BCUT2D eigenvalue weighted by Gasteiger charge is 2.12. The molecule has 0 bridgehead atoms. The lowest BCUT2D eigenvalue weighted by Gasteiger charge is -2.16. The van der Waals surface area contributed by atoms with Crippen molar-refractivity contribution in [1.82, 2.24) is 9.97 Å². The first-order valence-electron chi connectivity index (χ1n) is 6.28. The van der Waals surface area contributed by atoms with Crippen LogP contribution in [0.2, 0.25) is 0 Å². The second-order valence-corrected chi connectivity index (χ2v) is 5.74. The van der Waals surface area contributed by atoms with Gasteiger partial charge in [-0.1, -0.05) is 6.07 Å². The molecule has 0 saturated heterocycles. The van der Waals surface area contributed by atoms with Crippen LogP contribution in [0.3, 0.4) is 0 Å². The third-order valence-corrected chi connectivity index (χ3v) is 4.36. The number of benzene rings is 1. The molecule has 94 valence electrons. The molecule has 0 fully saturated rings. The van der Waals surface area contributed by atoms with Gasteiger partial charge < -0.3 is 0 Å². The molecule has 3 rings (SSSR count). The number of hydrogen-bond acceptors (Lipinski definition) is 4. The predicted molar refractivity (Wildman–Crippen MR) is 76.0 cm³/mol. The summed E-state index contributed by atoms with van der Waals surface area (Å²) in [6, 6.07) is 10.4. The summed E-state index contributed by atoms with van der Waals surface area (Å²) in [6.07, 6.45) is 2.36. The Balaban J connectivity index is 2.07. The van der Waals surface area contributed by atoms with Crippen molar-refractivity contribution in [3.8, 4) is 17.3 Å². The molecule has 0 saturated carbocycles. The minimum atomic E-state index is 0.238. The van der Waals surface area contributed by atoms with Crippen LogP contribution in [0.15, 0.2) is 29.2 Å². The molecule has 0 amide bonds. The third kappa shape index (κ3) is 2.47. The van der Waals surface area contributed by atoms with Gasteiger partial charge in [-0.15, -0.1) is 11.8 Å². The van der Waals surface area contributed by atoms with Crippen LogP contribution < -0.4 is 0 Å². The number of nitrogens with zero attached hydrogens (tertiary/aromatic N) is 3. The lowest BCUT2D eigenvalue weighted by Crippen LogP contribution is -2.00. The number of fused-ring (bicyclic) bond motifs is 1. The highest BCUT2D eigenvalue weighted by Crippen LogP contribution is 2.32. The maximum atomic E-state index is 8.95. The normalized spacial score (nSPS) is 13.7.